The van der Waals surface area contributed by atoms with Crippen molar-refractivity contribution < 1.29 is 15.5 Å². The molecule has 27 heavy (non-hydrogen) atoms. The van der Waals surface area contributed by atoms with Gasteiger partial charge in [-0.2, -0.15) is 0 Å². The molecular formula is C20H19N4O3+. The van der Waals surface area contributed by atoms with Crippen LogP contribution < -0.4 is 11.5 Å². The summed E-state index contributed by atoms with van der Waals surface area (Å²) < 4.78 is 0. The van der Waals surface area contributed by atoms with Crippen LogP contribution in [0.1, 0.15) is 5.56 Å². The lowest BCUT2D eigenvalue weighted by atomic mass is 9.95. The van der Waals surface area contributed by atoms with Crippen molar-refractivity contribution >= 4 is 33.2 Å². The van der Waals surface area contributed by atoms with E-state index in [2.05, 4.69) is 37.3 Å². The molecule has 0 saturated heterocycles. The molecule has 6 N–H and O–H groups in total. The van der Waals surface area contributed by atoms with Gasteiger partial charge in [0.15, 0.2) is 0 Å². The predicted molar refractivity (Wildman–Crippen MR) is 105 cm³/mol. The first-order valence-electron chi connectivity index (χ1n) is 8.15. The van der Waals surface area contributed by atoms with Gasteiger partial charge in [0.2, 0.25) is 0 Å². The summed E-state index contributed by atoms with van der Waals surface area (Å²) in [5, 5.41) is 14.8. The third-order valence-corrected chi connectivity index (χ3v) is 4.15. The third kappa shape index (κ3) is 3.87. The third-order valence-electron chi connectivity index (χ3n) is 4.15. The highest BCUT2D eigenvalue weighted by Crippen LogP contribution is 2.36. The molecular weight excluding hydrogens is 344 g/mol. The summed E-state index contributed by atoms with van der Waals surface area (Å²) in [7, 11) is 0. The highest BCUT2D eigenvalue weighted by atomic mass is 16.9. The van der Waals surface area contributed by atoms with E-state index < -0.39 is 5.09 Å². The molecule has 1 heterocycles. The smallest absolute Gasteiger partial charge is 0.399 e. The fourth-order valence-electron chi connectivity index (χ4n) is 3.04. The van der Waals surface area contributed by atoms with Crippen molar-refractivity contribution in [2.75, 3.05) is 11.5 Å². The van der Waals surface area contributed by atoms with Crippen molar-refractivity contribution in [2.45, 2.75) is 6.92 Å². The van der Waals surface area contributed by atoms with E-state index in [1.54, 1.807) is 0 Å². The van der Waals surface area contributed by atoms with Crippen LogP contribution in [0, 0.1) is 11.8 Å². The summed E-state index contributed by atoms with van der Waals surface area (Å²) in [5.41, 5.74) is 18.7. The number of benzene rings is 3. The van der Waals surface area contributed by atoms with Crippen LogP contribution in [0.2, 0.25) is 0 Å². The number of aromatic nitrogens is 1. The normalized spacial score (nSPS) is 10.4. The molecule has 3 aromatic carbocycles. The van der Waals surface area contributed by atoms with Crippen LogP contribution in [0.5, 0.6) is 0 Å². The van der Waals surface area contributed by atoms with Crippen LogP contribution in [-0.4, -0.2) is 20.5 Å². The first-order valence-corrected chi connectivity index (χ1v) is 8.15. The molecule has 0 aliphatic rings. The number of pyridine rings is 1. The van der Waals surface area contributed by atoms with Crippen LogP contribution in [-0.2, 0) is 0 Å². The Bertz CT molecular complexity index is 1140. The van der Waals surface area contributed by atoms with E-state index in [0.717, 1.165) is 38.7 Å². The van der Waals surface area contributed by atoms with E-state index in [4.69, 9.17) is 31.8 Å². The Morgan fingerprint density at radius 2 is 1.44 bits per heavy atom. The van der Waals surface area contributed by atoms with Crippen molar-refractivity contribution in [1.29, 1.82) is 0 Å². The Balaban J connectivity index is 0.000000481. The zero-order valence-corrected chi connectivity index (χ0v) is 14.6. The van der Waals surface area contributed by atoms with E-state index in [1.807, 2.05) is 30.3 Å². The second kappa shape index (κ2) is 7.17. The van der Waals surface area contributed by atoms with Gasteiger partial charge in [0.05, 0.1) is 11.0 Å². The summed E-state index contributed by atoms with van der Waals surface area (Å²) in [5.74, 6) is 0. The fourth-order valence-corrected chi connectivity index (χ4v) is 3.04. The van der Waals surface area contributed by atoms with Gasteiger partial charge in [-0.3, -0.25) is 0 Å². The minimum Gasteiger partial charge on any atom is -0.399 e. The lowest BCUT2D eigenvalue weighted by Gasteiger charge is -2.12. The van der Waals surface area contributed by atoms with Crippen LogP contribution >= 0.6 is 0 Å². The maximum absolute atomic E-state index is 8.47. The SMILES string of the molecule is Cc1ccc2nc3cc(N)ccc3c(-c3ccc(N)cc3)c2c1.O=[N+](O)O. The zero-order valence-electron chi connectivity index (χ0n) is 14.6. The van der Waals surface area contributed by atoms with Crippen LogP contribution in [0.3, 0.4) is 0 Å². The predicted octanol–water partition coefficient (Wildman–Crippen LogP) is 4.07. The number of aryl methyl sites for hydroxylation is 1. The second-order valence-corrected chi connectivity index (χ2v) is 6.16. The average Bonchev–Trinajstić information content (AvgIpc) is 2.60. The van der Waals surface area contributed by atoms with Gasteiger partial charge in [-0.15, -0.1) is 0 Å². The van der Waals surface area contributed by atoms with E-state index in [-0.39, 0.29) is 0 Å². The Labute approximate surface area is 155 Å². The van der Waals surface area contributed by atoms with E-state index >= 15 is 0 Å². The van der Waals surface area contributed by atoms with Crippen molar-refractivity contribution in [3.8, 4) is 11.1 Å². The minimum absolute atomic E-state index is 0.722. The van der Waals surface area contributed by atoms with Gasteiger partial charge < -0.3 is 11.5 Å². The molecule has 0 atom stereocenters. The number of nitrogen functional groups attached to an aromatic ring is 2. The van der Waals surface area contributed by atoms with Crippen LogP contribution in [0.25, 0.3) is 32.9 Å². The molecule has 4 aromatic rings. The summed E-state index contributed by atoms with van der Waals surface area (Å²) >= 11 is 0. The molecule has 7 nitrogen and oxygen atoms in total. The van der Waals surface area contributed by atoms with Gasteiger partial charge in [-0.05, 0) is 48.9 Å². The average molecular weight is 363 g/mol. The molecule has 0 fully saturated rings. The highest BCUT2D eigenvalue weighted by molar-refractivity contribution is 6.10. The van der Waals surface area contributed by atoms with E-state index in [1.165, 1.54) is 11.1 Å². The van der Waals surface area contributed by atoms with Crippen molar-refractivity contribution in [2.24, 2.45) is 0 Å². The van der Waals surface area contributed by atoms with Gasteiger partial charge in [0, 0.05) is 27.7 Å². The van der Waals surface area contributed by atoms with Crippen LogP contribution in [0.4, 0.5) is 11.4 Å². The topological polar surface area (TPSA) is 125 Å². The fraction of sp³-hybridized carbons (Fsp3) is 0.0500. The van der Waals surface area contributed by atoms with Crippen molar-refractivity contribution in [3.05, 3.63) is 71.1 Å². The monoisotopic (exact) mass is 363 g/mol. The van der Waals surface area contributed by atoms with Crippen LogP contribution in [0.15, 0.2) is 60.7 Å². The first-order chi connectivity index (χ1) is 12.8. The van der Waals surface area contributed by atoms with Crippen molar-refractivity contribution in [1.82, 2.24) is 4.98 Å². The number of rotatable bonds is 1. The molecule has 0 amide bonds. The Hall–Kier alpha value is -3.87. The Kier molecular flexibility index (Phi) is 4.76. The van der Waals surface area contributed by atoms with Gasteiger partial charge in [0.25, 0.3) is 0 Å². The molecule has 0 unspecified atom stereocenters. The number of hydrogen-bond donors (Lipinski definition) is 4. The molecule has 1 aromatic heterocycles. The molecule has 0 aliphatic carbocycles. The zero-order chi connectivity index (χ0) is 19.6. The van der Waals surface area contributed by atoms with E-state index in [0.29, 0.717) is 0 Å². The minimum atomic E-state index is -1.25. The summed E-state index contributed by atoms with van der Waals surface area (Å²) in [4.78, 5) is 13.3. The number of fused-ring (bicyclic) bond motifs is 2. The Morgan fingerprint density at radius 1 is 0.815 bits per heavy atom. The summed E-state index contributed by atoms with van der Waals surface area (Å²) in [6.07, 6.45) is 0. The van der Waals surface area contributed by atoms with Crippen molar-refractivity contribution in [3.63, 3.8) is 0 Å². The molecule has 0 saturated carbocycles. The van der Waals surface area contributed by atoms with Gasteiger partial charge in [0.1, 0.15) is 4.91 Å². The second-order valence-electron chi connectivity index (χ2n) is 6.16. The maximum atomic E-state index is 8.47. The lowest BCUT2D eigenvalue weighted by Crippen LogP contribution is -1.92. The van der Waals surface area contributed by atoms with Gasteiger partial charge in [-0.1, -0.05) is 29.8 Å². The maximum Gasteiger partial charge on any atom is 0.472 e. The lowest BCUT2D eigenvalue weighted by molar-refractivity contribution is -0.969. The molecule has 4 rings (SSSR count). The number of hydrogen-bond acceptors (Lipinski definition) is 4. The number of nitrogens with two attached hydrogens (primary N) is 2. The molecule has 7 heteroatoms. The molecule has 0 spiro atoms. The van der Waals surface area contributed by atoms with Gasteiger partial charge >= 0.3 is 5.09 Å². The number of nitrogens with zero attached hydrogens (tertiary/aromatic N) is 2. The summed E-state index contributed by atoms with van der Waals surface area (Å²) in [6, 6.07) is 20.2. The van der Waals surface area contributed by atoms with E-state index in [9.17, 15) is 0 Å². The Morgan fingerprint density at radius 3 is 2.11 bits per heavy atom. The molecule has 0 radical (unpaired) electrons. The molecule has 0 aliphatic heterocycles. The molecule has 136 valence electrons. The largest absolute Gasteiger partial charge is 0.472 e. The first kappa shape index (κ1) is 17.9. The highest BCUT2D eigenvalue weighted by Gasteiger charge is 2.11. The quantitative estimate of drug-likeness (QED) is 0.229. The van der Waals surface area contributed by atoms with Gasteiger partial charge in [-0.25, -0.2) is 15.4 Å². The summed E-state index contributed by atoms with van der Waals surface area (Å²) in [6.45, 7) is 2.10. The number of anilines is 2. The standard InChI is InChI=1S/C20H17N3.H2NO3/c1-12-2-9-18-17(10-12)20(13-3-5-14(21)6-4-13)16-8-7-15(22)11-19(16)23-18;2-1(3)4/h2-11H,21-22H2,1H3;(H2,2,3,4)/q;+1. The molecule has 0 bridgehead atoms.